The quantitative estimate of drug-likeness (QED) is 0.358. The number of hydrogen-bond acceptors (Lipinski definition) is 8. The first-order chi connectivity index (χ1) is 18.7. The molecule has 1 N–H and O–H groups in total. The number of nitrogens with zero attached hydrogens (tertiary/aromatic N) is 3. The Bertz CT molecular complexity index is 1360. The summed E-state index contributed by atoms with van der Waals surface area (Å²) in [6.45, 7) is 3.69. The van der Waals surface area contributed by atoms with E-state index in [1.807, 2.05) is 26.0 Å². The Morgan fingerprint density at radius 2 is 1.74 bits per heavy atom. The van der Waals surface area contributed by atoms with Crippen LogP contribution in [0.15, 0.2) is 51.9 Å². The van der Waals surface area contributed by atoms with E-state index >= 15 is 0 Å². The van der Waals surface area contributed by atoms with E-state index in [0.717, 1.165) is 24.8 Å². The van der Waals surface area contributed by atoms with Gasteiger partial charge in [-0.1, -0.05) is 50.4 Å². The van der Waals surface area contributed by atoms with Crippen molar-refractivity contribution in [1.82, 2.24) is 14.4 Å². The van der Waals surface area contributed by atoms with Crippen LogP contribution in [0.4, 0.5) is 5.69 Å². The summed E-state index contributed by atoms with van der Waals surface area (Å²) in [5, 5.41) is 6.86. The molecule has 0 unspecified atom stereocenters. The molecular formula is C28H36N4O6S. The van der Waals surface area contributed by atoms with E-state index in [1.54, 1.807) is 18.2 Å². The van der Waals surface area contributed by atoms with Gasteiger partial charge in [0.05, 0.1) is 25.7 Å². The largest absolute Gasteiger partial charge is 0.493 e. The van der Waals surface area contributed by atoms with Crippen LogP contribution in [-0.4, -0.2) is 55.6 Å². The standard InChI is InChI=1S/C28H36N4O6S/c1-19(2)28-30-26(31-38-28)16-20-10-12-21(13-11-20)29-27(33)18-32(22-8-6-5-7-9-22)39(34,35)23-14-15-24(36-3)25(17-23)37-4/h10-15,17,19,22H,5-9,16,18H2,1-4H3,(H,29,33). The van der Waals surface area contributed by atoms with Gasteiger partial charge in [-0.25, -0.2) is 8.42 Å². The lowest BCUT2D eigenvalue weighted by molar-refractivity contribution is -0.116. The predicted molar refractivity (Wildman–Crippen MR) is 147 cm³/mol. The van der Waals surface area contributed by atoms with E-state index in [2.05, 4.69) is 15.5 Å². The molecule has 1 aliphatic carbocycles. The minimum atomic E-state index is -3.98. The summed E-state index contributed by atoms with van der Waals surface area (Å²) in [7, 11) is -1.03. The van der Waals surface area contributed by atoms with Crippen molar-refractivity contribution in [3.05, 3.63) is 59.7 Å². The van der Waals surface area contributed by atoms with Crippen molar-refractivity contribution in [1.29, 1.82) is 0 Å². The molecule has 210 valence electrons. The van der Waals surface area contributed by atoms with Crippen LogP contribution in [-0.2, 0) is 21.2 Å². The topological polar surface area (TPSA) is 124 Å². The molecule has 1 fully saturated rings. The van der Waals surface area contributed by atoms with Gasteiger partial charge < -0.3 is 19.3 Å². The van der Waals surface area contributed by atoms with Gasteiger partial charge in [-0.05, 0) is 42.7 Å². The second-order valence-corrected chi connectivity index (χ2v) is 11.9. The molecule has 1 saturated carbocycles. The van der Waals surface area contributed by atoms with E-state index in [-0.39, 0.29) is 23.4 Å². The second-order valence-electron chi connectivity index (χ2n) is 9.98. The highest BCUT2D eigenvalue weighted by Gasteiger charge is 2.34. The van der Waals surface area contributed by atoms with E-state index in [4.69, 9.17) is 14.0 Å². The molecule has 0 spiro atoms. The molecular weight excluding hydrogens is 520 g/mol. The molecule has 0 bridgehead atoms. The SMILES string of the molecule is COc1ccc(S(=O)(=O)N(CC(=O)Nc2ccc(Cc3noc(C(C)C)n3)cc2)C2CCCCC2)cc1OC. The van der Waals surface area contributed by atoms with Gasteiger partial charge in [0.15, 0.2) is 17.3 Å². The van der Waals surface area contributed by atoms with Gasteiger partial charge >= 0.3 is 0 Å². The van der Waals surface area contributed by atoms with Crippen LogP contribution in [0.25, 0.3) is 0 Å². The fourth-order valence-electron chi connectivity index (χ4n) is 4.70. The van der Waals surface area contributed by atoms with Gasteiger partial charge in [-0.2, -0.15) is 9.29 Å². The lowest BCUT2D eigenvalue weighted by atomic mass is 9.95. The summed E-state index contributed by atoms with van der Waals surface area (Å²) in [5.41, 5.74) is 1.54. The number of methoxy groups -OCH3 is 2. The van der Waals surface area contributed by atoms with Crippen LogP contribution < -0.4 is 14.8 Å². The molecule has 1 heterocycles. The van der Waals surface area contributed by atoms with Gasteiger partial charge in [0.25, 0.3) is 0 Å². The number of carbonyl (C=O) groups is 1. The molecule has 1 amide bonds. The maximum Gasteiger partial charge on any atom is 0.243 e. The molecule has 1 aromatic heterocycles. The molecule has 3 aromatic rings. The maximum atomic E-state index is 13.8. The number of anilines is 1. The zero-order valence-corrected chi connectivity index (χ0v) is 23.7. The highest BCUT2D eigenvalue weighted by Crippen LogP contribution is 2.33. The molecule has 2 aromatic carbocycles. The Morgan fingerprint density at radius 3 is 2.36 bits per heavy atom. The van der Waals surface area contributed by atoms with Crippen LogP contribution in [0.2, 0.25) is 0 Å². The molecule has 11 heteroatoms. The fourth-order valence-corrected chi connectivity index (χ4v) is 6.35. The van der Waals surface area contributed by atoms with Crippen molar-refractivity contribution < 1.29 is 27.2 Å². The number of amides is 1. The number of rotatable bonds is 11. The third-order valence-electron chi connectivity index (χ3n) is 6.82. The number of aromatic nitrogens is 2. The molecule has 4 rings (SSSR count). The number of ether oxygens (including phenoxy) is 2. The number of carbonyl (C=O) groups excluding carboxylic acids is 1. The molecule has 0 saturated heterocycles. The van der Waals surface area contributed by atoms with Crippen LogP contribution in [0.1, 0.15) is 69.1 Å². The molecule has 1 aliphatic rings. The van der Waals surface area contributed by atoms with E-state index in [0.29, 0.717) is 48.2 Å². The summed E-state index contributed by atoms with van der Waals surface area (Å²) in [5.74, 6) is 1.69. The van der Waals surface area contributed by atoms with Crippen LogP contribution in [0.3, 0.4) is 0 Å². The van der Waals surface area contributed by atoms with Crippen molar-refractivity contribution in [2.24, 2.45) is 0 Å². The minimum Gasteiger partial charge on any atom is -0.493 e. The summed E-state index contributed by atoms with van der Waals surface area (Å²) in [6, 6.07) is 11.5. The van der Waals surface area contributed by atoms with Crippen LogP contribution in [0, 0.1) is 0 Å². The Morgan fingerprint density at radius 1 is 1.05 bits per heavy atom. The maximum absolute atomic E-state index is 13.8. The first-order valence-corrected chi connectivity index (χ1v) is 14.6. The fraction of sp³-hybridized carbons (Fsp3) is 0.464. The third kappa shape index (κ3) is 6.96. The van der Waals surface area contributed by atoms with E-state index in [9.17, 15) is 13.2 Å². The van der Waals surface area contributed by atoms with Crippen molar-refractivity contribution in [3.63, 3.8) is 0 Å². The van der Waals surface area contributed by atoms with Crippen molar-refractivity contribution in [2.75, 3.05) is 26.1 Å². The summed E-state index contributed by atoms with van der Waals surface area (Å²) < 4.78 is 44.7. The molecule has 0 atom stereocenters. The zero-order chi connectivity index (χ0) is 28.0. The van der Waals surface area contributed by atoms with Gasteiger partial charge in [0, 0.05) is 30.1 Å². The number of nitrogens with one attached hydrogen (secondary N) is 1. The summed E-state index contributed by atoms with van der Waals surface area (Å²) in [4.78, 5) is 17.6. The molecule has 10 nitrogen and oxygen atoms in total. The first kappa shape index (κ1) is 28.6. The average molecular weight is 557 g/mol. The van der Waals surface area contributed by atoms with E-state index in [1.165, 1.54) is 30.7 Å². The summed E-state index contributed by atoms with van der Waals surface area (Å²) >= 11 is 0. The third-order valence-corrected chi connectivity index (χ3v) is 8.71. The van der Waals surface area contributed by atoms with Crippen molar-refractivity contribution in [2.45, 2.75) is 69.2 Å². The Kier molecular flexibility index (Phi) is 9.24. The highest BCUT2D eigenvalue weighted by molar-refractivity contribution is 7.89. The lowest BCUT2D eigenvalue weighted by Crippen LogP contribution is -2.45. The van der Waals surface area contributed by atoms with Crippen LogP contribution in [0.5, 0.6) is 11.5 Å². The van der Waals surface area contributed by atoms with Crippen molar-refractivity contribution >= 4 is 21.6 Å². The van der Waals surface area contributed by atoms with Crippen LogP contribution >= 0.6 is 0 Å². The Labute approximate surface area is 229 Å². The molecule has 39 heavy (non-hydrogen) atoms. The Hall–Kier alpha value is -3.44. The molecule has 0 aliphatic heterocycles. The summed E-state index contributed by atoms with van der Waals surface area (Å²) in [6.07, 6.45) is 4.83. The predicted octanol–water partition coefficient (Wildman–Crippen LogP) is 4.76. The highest BCUT2D eigenvalue weighted by atomic mass is 32.2. The molecule has 0 radical (unpaired) electrons. The Balaban J connectivity index is 1.48. The van der Waals surface area contributed by atoms with Gasteiger partial charge in [-0.15, -0.1) is 0 Å². The zero-order valence-electron chi connectivity index (χ0n) is 22.8. The normalized spacial score (nSPS) is 14.5. The number of benzene rings is 2. The van der Waals surface area contributed by atoms with Gasteiger partial charge in [-0.3, -0.25) is 4.79 Å². The van der Waals surface area contributed by atoms with Crippen molar-refractivity contribution in [3.8, 4) is 11.5 Å². The smallest absolute Gasteiger partial charge is 0.243 e. The monoisotopic (exact) mass is 556 g/mol. The second kappa shape index (κ2) is 12.6. The minimum absolute atomic E-state index is 0.0602. The van der Waals surface area contributed by atoms with Gasteiger partial charge in [0.2, 0.25) is 21.8 Å². The average Bonchev–Trinajstić information content (AvgIpc) is 3.41. The first-order valence-electron chi connectivity index (χ1n) is 13.2. The van der Waals surface area contributed by atoms with Gasteiger partial charge in [0.1, 0.15) is 0 Å². The lowest BCUT2D eigenvalue weighted by Gasteiger charge is -2.33. The number of hydrogen-bond donors (Lipinski definition) is 1. The number of sulfonamides is 1. The van der Waals surface area contributed by atoms with E-state index < -0.39 is 15.9 Å².